The predicted molar refractivity (Wildman–Crippen MR) is 189 cm³/mol. The quantitative estimate of drug-likeness (QED) is 0.283. The average Bonchev–Trinajstić information content (AvgIpc) is 3.08. The summed E-state index contributed by atoms with van der Waals surface area (Å²) in [5, 5.41) is 17.1. The smallest absolute Gasteiger partial charge is 0.251 e. The van der Waals surface area contributed by atoms with E-state index >= 15 is 0 Å². The minimum atomic E-state index is -0.855. The summed E-state index contributed by atoms with van der Waals surface area (Å²) in [5.74, 6) is 1.11. The molecular formula is C37H54ClN5O5. The molecule has 1 aliphatic carbocycles. The van der Waals surface area contributed by atoms with E-state index in [2.05, 4.69) is 22.5 Å². The molecule has 5 rings (SSSR count). The Morgan fingerprint density at radius 3 is 2.25 bits per heavy atom. The van der Waals surface area contributed by atoms with E-state index < -0.39 is 17.7 Å². The molecule has 3 aliphatic rings. The van der Waals surface area contributed by atoms with Crippen molar-refractivity contribution >= 4 is 30.1 Å². The molecule has 1 spiro atoms. The van der Waals surface area contributed by atoms with Gasteiger partial charge in [0, 0.05) is 44.8 Å². The van der Waals surface area contributed by atoms with Gasteiger partial charge in [0.05, 0.1) is 6.10 Å². The van der Waals surface area contributed by atoms with Gasteiger partial charge in [-0.15, -0.1) is 12.4 Å². The van der Waals surface area contributed by atoms with E-state index in [1.54, 1.807) is 24.3 Å². The molecule has 0 unspecified atom stereocenters. The highest BCUT2D eigenvalue weighted by Crippen LogP contribution is 2.36. The number of piperazine rings is 1. The molecule has 2 saturated heterocycles. The third-order valence-corrected chi connectivity index (χ3v) is 10.2. The van der Waals surface area contributed by atoms with Crippen molar-refractivity contribution < 1.29 is 24.2 Å². The van der Waals surface area contributed by atoms with Crippen LogP contribution in [-0.2, 0) is 16.1 Å². The highest BCUT2D eigenvalue weighted by molar-refractivity contribution is 6.00. The Hall–Kier alpha value is -3.18. The van der Waals surface area contributed by atoms with Crippen LogP contribution in [0.4, 0.5) is 0 Å². The number of nitrogens with one attached hydrogen (secondary N) is 2. The Labute approximate surface area is 292 Å². The van der Waals surface area contributed by atoms with Gasteiger partial charge in [-0.3, -0.25) is 19.3 Å². The van der Waals surface area contributed by atoms with Crippen molar-refractivity contribution in [3.63, 3.8) is 0 Å². The molecule has 10 nitrogen and oxygen atoms in total. The van der Waals surface area contributed by atoms with Gasteiger partial charge in [-0.1, -0.05) is 44.7 Å². The van der Waals surface area contributed by atoms with Crippen LogP contribution in [0.3, 0.4) is 0 Å². The number of unbranched alkanes of at least 4 members (excludes halogenated alkanes) is 1. The van der Waals surface area contributed by atoms with Crippen LogP contribution in [-0.4, -0.2) is 102 Å². The zero-order chi connectivity index (χ0) is 33.4. The molecule has 2 heterocycles. The largest absolute Gasteiger partial charge is 0.457 e. The Bertz CT molecular complexity index is 1340. The molecule has 3 fully saturated rings. The fourth-order valence-corrected chi connectivity index (χ4v) is 7.26. The maximum Gasteiger partial charge on any atom is 0.251 e. The van der Waals surface area contributed by atoms with Gasteiger partial charge in [0.25, 0.3) is 5.91 Å². The molecule has 264 valence electrons. The lowest BCUT2D eigenvalue weighted by atomic mass is 9.78. The van der Waals surface area contributed by atoms with Crippen molar-refractivity contribution in [3.8, 4) is 11.5 Å². The molecule has 0 radical (unpaired) electrons. The van der Waals surface area contributed by atoms with Crippen LogP contribution in [0.2, 0.25) is 0 Å². The molecule has 3 N–H and O–H groups in total. The summed E-state index contributed by atoms with van der Waals surface area (Å²) < 4.78 is 6.02. The Kier molecular flexibility index (Phi) is 13.7. The van der Waals surface area contributed by atoms with Gasteiger partial charge in [-0.2, -0.15) is 0 Å². The van der Waals surface area contributed by atoms with Crippen molar-refractivity contribution in [1.82, 2.24) is 25.3 Å². The summed E-state index contributed by atoms with van der Waals surface area (Å²) in [6.45, 7) is 6.15. The van der Waals surface area contributed by atoms with E-state index in [0.29, 0.717) is 56.1 Å². The molecule has 2 atom stereocenters. The standard InChI is InChI=1S/C37H53N5O5.ClH/c1-4-5-22-42-35(45)32(33(43)28-9-7-6-8-10-28)39-36(46)37(42)19-23-41(24-20-37)26-27-11-15-30(16-12-27)47-31-17-13-29(14-18-31)34(44)38-21-25-40(2)3;/h11-18,28,32-33,43H,4-10,19-26H2,1-3H3,(H,38,44)(H,39,46);1H/t32-,33-;/m1./s1. The van der Waals surface area contributed by atoms with Crippen molar-refractivity contribution in [3.05, 3.63) is 59.7 Å². The Balaban J connectivity index is 0.00000520. The van der Waals surface area contributed by atoms with Crippen LogP contribution in [0.25, 0.3) is 0 Å². The molecule has 2 aliphatic heterocycles. The minimum Gasteiger partial charge on any atom is -0.457 e. The number of nitrogens with zero attached hydrogens (tertiary/aromatic N) is 3. The molecule has 11 heteroatoms. The number of likely N-dealkylation sites (tertiary alicyclic amines) is 1. The van der Waals surface area contributed by atoms with Gasteiger partial charge in [0.2, 0.25) is 11.8 Å². The van der Waals surface area contributed by atoms with Crippen LogP contribution in [0.15, 0.2) is 48.5 Å². The number of aliphatic hydroxyl groups excluding tert-OH is 1. The molecule has 0 aromatic heterocycles. The van der Waals surface area contributed by atoms with Crippen LogP contribution in [0, 0.1) is 5.92 Å². The van der Waals surface area contributed by atoms with Crippen LogP contribution in [0.1, 0.15) is 80.6 Å². The van der Waals surface area contributed by atoms with E-state index in [9.17, 15) is 19.5 Å². The summed E-state index contributed by atoms with van der Waals surface area (Å²) in [5.41, 5.74) is 0.877. The molecule has 2 aromatic carbocycles. The maximum atomic E-state index is 13.9. The van der Waals surface area contributed by atoms with Crippen LogP contribution < -0.4 is 15.4 Å². The molecular weight excluding hydrogens is 630 g/mol. The van der Waals surface area contributed by atoms with Crippen molar-refractivity contribution in [2.45, 2.75) is 88.9 Å². The number of hydrogen-bond acceptors (Lipinski definition) is 7. The predicted octanol–water partition coefficient (Wildman–Crippen LogP) is 4.60. The number of carbonyl (C=O) groups is 3. The zero-order valence-electron chi connectivity index (χ0n) is 28.8. The number of ether oxygens (including phenoxy) is 1. The van der Waals surface area contributed by atoms with Gasteiger partial charge >= 0.3 is 0 Å². The topological polar surface area (TPSA) is 114 Å². The van der Waals surface area contributed by atoms with E-state index in [1.165, 1.54) is 6.42 Å². The lowest BCUT2D eigenvalue weighted by molar-refractivity contribution is -0.166. The second-order valence-electron chi connectivity index (χ2n) is 13.8. The SMILES string of the molecule is CCCCN1C(=O)[C@@H]([C@H](O)C2CCCCC2)NC(=O)C12CCN(Cc1ccc(Oc3ccc(C(=O)NCCN(C)C)cc3)cc1)CC2.Cl. The molecule has 1 saturated carbocycles. The number of halogens is 1. The van der Waals surface area contributed by atoms with E-state index in [1.807, 2.05) is 48.2 Å². The van der Waals surface area contributed by atoms with Crippen LogP contribution >= 0.6 is 12.4 Å². The number of rotatable bonds is 13. The van der Waals surface area contributed by atoms with E-state index in [-0.39, 0.29) is 36.0 Å². The molecule has 2 aromatic rings. The number of carbonyl (C=O) groups excluding carboxylic acids is 3. The summed E-state index contributed by atoms with van der Waals surface area (Å²) in [6.07, 6.45) is 7.22. The summed E-state index contributed by atoms with van der Waals surface area (Å²) >= 11 is 0. The van der Waals surface area contributed by atoms with Gasteiger partial charge in [-0.25, -0.2) is 0 Å². The first-order valence-electron chi connectivity index (χ1n) is 17.5. The number of amides is 3. The third-order valence-electron chi connectivity index (χ3n) is 10.2. The van der Waals surface area contributed by atoms with Crippen LogP contribution in [0.5, 0.6) is 11.5 Å². The number of hydrogen-bond donors (Lipinski definition) is 3. The van der Waals surface area contributed by atoms with E-state index in [4.69, 9.17) is 4.74 Å². The number of benzene rings is 2. The second-order valence-corrected chi connectivity index (χ2v) is 13.8. The van der Waals surface area contributed by atoms with Crippen molar-refractivity contribution in [1.29, 1.82) is 0 Å². The van der Waals surface area contributed by atoms with Gasteiger partial charge < -0.3 is 30.3 Å². The molecule has 48 heavy (non-hydrogen) atoms. The number of aliphatic hydroxyl groups is 1. The average molecular weight is 684 g/mol. The first-order valence-corrected chi connectivity index (χ1v) is 17.5. The highest BCUT2D eigenvalue weighted by Gasteiger charge is 2.55. The zero-order valence-corrected chi connectivity index (χ0v) is 29.6. The monoisotopic (exact) mass is 683 g/mol. The lowest BCUT2D eigenvalue weighted by Crippen LogP contribution is -2.75. The summed E-state index contributed by atoms with van der Waals surface area (Å²) in [4.78, 5) is 46.2. The third kappa shape index (κ3) is 9.08. The summed E-state index contributed by atoms with van der Waals surface area (Å²) in [6, 6.07) is 14.3. The number of likely N-dealkylation sites (N-methyl/N-ethyl adjacent to an activating group) is 1. The van der Waals surface area contributed by atoms with Crippen molar-refractivity contribution in [2.24, 2.45) is 5.92 Å². The molecule has 0 bridgehead atoms. The van der Waals surface area contributed by atoms with E-state index in [0.717, 1.165) is 57.2 Å². The minimum absolute atomic E-state index is 0. The normalized spacial score (nSPS) is 20.7. The molecule has 3 amide bonds. The fraction of sp³-hybridized carbons (Fsp3) is 0.595. The first kappa shape index (κ1) is 37.6. The maximum absolute atomic E-state index is 13.9. The lowest BCUT2D eigenvalue weighted by Gasteiger charge is -2.52. The van der Waals surface area contributed by atoms with Gasteiger partial charge in [0.1, 0.15) is 23.1 Å². The Morgan fingerprint density at radius 2 is 1.65 bits per heavy atom. The van der Waals surface area contributed by atoms with Crippen molar-refractivity contribution in [2.75, 3.05) is 46.8 Å². The Morgan fingerprint density at radius 1 is 1.02 bits per heavy atom. The number of piperidine rings is 1. The highest BCUT2D eigenvalue weighted by atomic mass is 35.5. The van der Waals surface area contributed by atoms with Gasteiger partial charge in [-0.05, 0) is 94.1 Å². The summed E-state index contributed by atoms with van der Waals surface area (Å²) in [7, 11) is 3.94. The first-order chi connectivity index (χ1) is 22.7. The second kappa shape index (κ2) is 17.5. The van der Waals surface area contributed by atoms with Gasteiger partial charge in [0.15, 0.2) is 0 Å². The fourth-order valence-electron chi connectivity index (χ4n) is 7.26.